The number of hydrogen-bond donors (Lipinski definition) is 1. The fourth-order valence-corrected chi connectivity index (χ4v) is 2.83. The van der Waals surface area contributed by atoms with Gasteiger partial charge in [0.25, 0.3) is 5.91 Å². The van der Waals surface area contributed by atoms with Crippen LogP contribution < -0.4 is 5.32 Å². The van der Waals surface area contributed by atoms with Crippen LogP contribution in [0.15, 0.2) is 34.8 Å². The van der Waals surface area contributed by atoms with Crippen molar-refractivity contribution in [3.05, 3.63) is 40.4 Å². The highest BCUT2D eigenvalue weighted by Crippen LogP contribution is 2.17. The lowest BCUT2D eigenvalue weighted by Gasteiger charge is -2.24. The van der Waals surface area contributed by atoms with Gasteiger partial charge in [0.15, 0.2) is 6.10 Å². The quantitative estimate of drug-likeness (QED) is 0.624. The summed E-state index contributed by atoms with van der Waals surface area (Å²) in [4.78, 5) is 23.8. The smallest absolute Gasteiger partial charge is 0.331 e. The van der Waals surface area contributed by atoms with Crippen LogP contribution in [0.5, 0.6) is 0 Å². The molecule has 0 aromatic heterocycles. The molecule has 1 aliphatic carbocycles. The van der Waals surface area contributed by atoms with Crippen LogP contribution in [0.4, 0.5) is 0 Å². The lowest BCUT2D eigenvalue weighted by atomic mass is 9.95. The molecular weight excluding hydrogens is 358 g/mol. The number of nitrogens with one attached hydrogen (secondary N) is 1. The fraction of sp³-hybridized carbons (Fsp3) is 0.444. The summed E-state index contributed by atoms with van der Waals surface area (Å²) in [6.45, 7) is 1.60. The molecule has 1 aromatic carbocycles. The van der Waals surface area contributed by atoms with Crippen molar-refractivity contribution in [2.45, 2.75) is 51.2 Å². The standard InChI is InChI=1S/C18H22BrNO3/c1-13(18(22)20-16-5-3-2-4-6-16)23-17(21)12-9-14-7-10-15(19)11-8-14/h7-13,16H,2-6H2,1H3,(H,20,22)/b12-9+. The zero-order valence-electron chi connectivity index (χ0n) is 13.3. The third-order valence-electron chi connectivity index (χ3n) is 3.90. The van der Waals surface area contributed by atoms with E-state index in [1.54, 1.807) is 13.0 Å². The van der Waals surface area contributed by atoms with Crippen LogP contribution in [0.2, 0.25) is 0 Å². The predicted molar refractivity (Wildman–Crippen MR) is 93.7 cm³/mol. The molecule has 1 fully saturated rings. The molecule has 1 aromatic rings. The molecule has 0 saturated heterocycles. The number of rotatable bonds is 5. The van der Waals surface area contributed by atoms with E-state index in [1.165, 1.54) is 12.5 Å². The molecule has 23 heavy (non-hydrogen) atoms. The zero-order chi connectivity index (χ0) is 16.7. The second-order valence-electron chi connectivity index (χ2n) is 5.81. The normalized spacial score (nSPS) is 17.0. The monoisotopic (exact) mass is 379 g/mol. The van der Waals surface area contributed by atoms with E-state index in [0.717, 1.165) is 35.7 Å². The van der Waals surface area contributed by atoms with E-state index < -0.39 is 12.1 Å². The van der Waals surface area contributed by atoms with Gasteiger partial charge in [-0.1, -0.05) is 47.3 Å². The van der Waals surface area contributed by atoms with E-state index in [-0.39, 0.29) is 11.9 Å². The Morgan fingerprint density at radius 3 is 2.52 bits per heavy atom. The lowest BCUT2D eigenvalue weighted by molar-refractivity contribution is -0.150. The Morgan fingerprint density at radius 1 is 1.22 bits per heavy atom. The molecular formula is C18H22BrNO3. The predicted octanol–water partition coefficient (Wildman–Crippen LogP) is 3.84. The van der Waals surface area contributed by atoms with Crippen molar-refractivity contribution in [3.63, 3.8) is 0 Å². The van der Waals surface area contributed by atoms with Gasteiger partial charge in [0, 0.05) is 16.6 Å². The van der Waals surface area contributed by atoms with E-state index in [0.29, 0.717) is 0 Å². The molecule has 1 saturated carbocycles. The molecule has 0 aliphatic heterocycles. The fourth-order valence-electron chi connectivity index (χ4n) is 2.57. The largest absolute Gasteiger partial charge is 0.449 e. The molecule has 2 rings (SSSR count). The molecule has 1 N–H and O–H groups in total. The Morgan fingerprint density at radius 2 is 1.87 bits per heavy atom. The molecule has 1 aliphatic rings. The number of benzene rings is 1. The Labute approximate surface area is 145 Å². The summed E-state index contributed by atoms with van der Waals surface area (Å²) in [6, 6.07) is 7.77. The van der Waals surface area contributed by atoms with Gasteiger partial charge in [0.1, 0.15) is 0 Å². The number of amides is 1. The van der Waals surface area contributed by atoms with Crippen molar-refractivity contribution in [2.75, 3.05) is 0 Å². The number of esters is 1. The summed E-state index contributed by atoms with van der Waals surface area (Å²) in [5, 5.41) is 2.96. The van der Waals surface area contributed by atoms with Crippen LogP contribution in [0.25, 0.3) is 6.08 Å². The molecule has 1 amide bonds. The number of carbonyl (C=O) groups is 2. The van der Waals surface area contributed by atoms with Gasteiger partial charge in [-0.15, -0.1) is 0 Å². The van der Waals surface area contributed by atoms with Crippen molar-refractivity contribution in [1.29, 1.82) is 0 Å². The topological polar surface area (TPSA) is 55.4 Å². The van der Waals surface area contributed by atoms with Crippen LogP contribution in [0, 0.1) is 0 Å². The number of carbonyl (C=O) groups excluding carboxylic acids is 2. The average Bonchev–Trinajstić information content (AvgIpc) is 2.55. The summed E-state index contributed by atoms with van der Waals surface area (Å²) in [5.74, 6) is -0.735. The third kappa shape index (κ3) is 6.18. The second kappa shape index (κ2) is 8.87. The molecule has 1 unspecified atom stereocenters. The maximum atomic E-state index is 12.0. The minimum Gasteiger partial charge on any atom is -0.449 e. The minimum absolute atomic E-state index is 0.218. The summed E-state index contributed by atoms with van der Waals surface area (Å²) >= 11 is 3.35. The van der Waals surface area contributed by atoms with Crippen molar-refractivity contribution in [2.24, 2.45) is 0 Å². The first-order chi connectivity index (χ1) is 11.0. The lowest BCUT2D eigenvalue weighted by Crippen LogP contribution is -2.42. The van der Waals surface area contributed by atoms with Crippen molar-refractivity contribution in [3.8, 4) is 0 Å². The van der Waals surface area contributed by atoms with Crippen molar-refractivity contribution >= 4 is 33.9 Å². The zero-order valence-corrected chi connectivity index (χ0v) is 14.8. The maximum Gasteiger partial charge on any atom is 0.331 e. The van der Waals surface area contributed by atoms with Gasteiger partial charge in [-0.05, 0) is 43.5 Å². The highest BCUT2D eigenvalue weighted by molar-refractivity contribution is 9.10. The van der Waals surface area contributed by atoms with E-state index >= 15 is 0 Å². The highest BCUT2D eigenvalue weighted by Gasteiger charge is 2.21. The molecule has 1 atom stereocenters. The molecule has 4 nitrogen and oxygen atoms in total. The number of halogens is 1. The summed E-state index contributed by atoms with van der Waals surface area (Å²) in [5.41, 5.74) is 0.893. The van der Waals surface area contributed by atoms with Gasteiger partial charge in [0.2, 0.25) is 0 Å². The summed E-state index contributed by atoms with van der Waals surface area (Å²) in [7, 11) is 0. The first-order valence-corrected chi connectivity index (χ1v) is 8.78. The second-order valence-corrected chi connectivity index (χ2v) is 6.72. The van der Waals surface area contributed by atoms with Crippen LogP contribution >= 0.6 is 15.9 Å². The Hall–Kier alpha value is -1.62. The van der Waals surface area contributed by atoms with Crippen molar-refractivity contribution < 1.29 is 14.3 Å². The first kappa shape index (κ1) is 17.7. The molecule has 124 valence electrons. The van der Waals surface area contributed by atoms with Crippen molar-refractivity contribution in [1.82, 2.24) is 5.32 Å². The number of ether oxygens (including phenoxy) is 1. The Kier molecular flexibility index (Phi) is 6.84. The molecule has 0 spiro atoms. The Balaban J connectivity index is 1.79. The van der Waals surface area contributed by atoms with E-state index in [9.17, 15) is 9.59 Å². The number of hydrogen-bond acceptors (Lipinski definition) is 3. The van der Waals surface area contributed by atoms with Gasteiger partial charge < -0.3 is 10.1 Å². The van der Waals surface area contributed by atoms with Crippen LogP contribution in [0.3, 0.4) is 0 Å². The van der Waals surface area contributed by atoms with Gasteiger partial charge in [-0.3, -0.25) is 4.79 Å². The van der Waals surface area contributed by atoms with Gasteiger partial charge in [-0.25, -0.2) is 4.79 Å². The van der Waals surface area contributed by atoms with E-state index in [4.69, 9.17) is 4.74 Å². The van der Waals surface area contributed by atoms with Crippen LogP contribution in [-0.4, -0.2) is 24.0 Å². The maximum absolute atomic E-state index is 12.0. The van der Waals surface area contributed by atoms with E-state index in [2.05, 4.69) is 21.2 Å². The molecule has 0 heterocycles. The van der Waals surface area contributed by atoms with Crippen LogP contribution in [-0.2, 0) is 14.3 Å². The van der Waals surface area contributed by atoms with Gasteiger partial charge >= 0.3 is 5.97 Å². The van der Waals surface area contributed by atoms with Gasteiger partial charge in [-0.2, -0.15) is 0 Å². The van der Waals surface area contributed by atoms with E-state index in [1.807, 2.05) is 24.3 Å². The minimum atomic E-state index is -0.779. The first-order valence-electron chi connectivity index (χ1n) is 7.99. The molecule has 0 radical (unpaired) electrons. The molecule has 0 bridgehead atoms. The highest BCUT2D eigenvalue weighted by atomic mass is 79.9. The third-order valence-corrected chi connectivity index (χ3v) is 4.42. The average molecular weight is 380 g/mol. The molecule has 5 heteroatoms. The Bertz CT molecular complexity index is 562. The summed E-state index contributed by atoms with van der Waals surface area (Å²) in [6.07, 6.45) is 7.78. The van der Waals surface area contributed by atoms with Gasteiger partial charge in [0.05, 0.1) is 0 Å². The SMILES string of the molecule is CC(OC(=O)/C=C/c1ccc(Br)cc1)C(=O)NC1CCCCC1. The van der Waals surface area contributed by atoms with Crippen LogP contribution in [0.1, 0.15) is 44.6 Å². The summed E-state index contributed by atoms with van der Waals surface area (Å²) < 4.78 is 6.13.